The lowest BCUT2D eigenvalue weighted by Crippen LogP contribution is -2.42. The molecule has 1 aliphatic carbocycles. The first-order chi connectivity index (χ1) is 11.3. The fraction of sp³-hybridized carbons (Fsp3) is 0.789. The van der Waals surface area contributed by atoms with Crippen LogP contribution in [0.5, 0.6) is 0 Å². The number of ether oxygens (including phenoxy) is 4. The largest absolute Gasteiger partial charge is 0.375 e. The second-order valence-electron chi connectivity index (χ2n) is 6.89. The Hall–Kier alpha value is -0.680. The minimum atomic E-state index is -0.364. The fourth-order valence-corrected chi connectivity index (χ4v) is 3.94. The molecule has 0 aromatic carbocycles. The lowest BCUT2D eigenvalue weighted by Gasteiger charge is -2.35. The third kappa shape index (κ3) is 4.05. The van der Waals surface area contributed by atoms with E-state index in [9.17, 15) is 0 Å². The van der Waals surface area contributed by atoms with Crippen molar-refractivity contribution < 1.29 is 18.9 Å². The van der Waals surface area contributed by atoms with E-state index in [-0.39, 0.29) is 30.2 Å². The second kappa shape index (κ2) is 7.93. The number of rotatable bonds is 6. The first kappa shape index (κ1) is 17.2. The van der Waals surface area contributed by atoms with Crippen LogP contribution in [0.3, 0.4) is 0 Å². The molecule has 2 aliphatic heterocycles. The molecule has 1 saturated carbocycles. The van der Waals surface area contributed by atoms with Crippen molar-refractivity contribution >= 4 is 0 Å². The molecular formula is C19H30O4. The zero-order chi connectivity index (χ0) is 16.1. The molecule has 0 radical (unpaired) electrons. The summed E-state index contributed by atoms with van der Waals surface area (Å²) in [6, 6.07) is 0. The van der Waals surface area contributed by atoms with Gasteiger partial charge >= 0.3 is 0 Å². The fourth-order valence-electron chi connectivity index (χ4n) is 3.94. The SMILES string of the molecule is C=CC[C@@H]1OCCC[C@H]1O[C@H](C=C)[C@H]1COC2(CCCCC2)O1. The van der Waals surface area contributed by atoms with Crippen LogP contribution < -0.4 is 0 Å². The molecule has 0 bridgehead atoms. The van der Waals surface area contributed by atoms with Gasteiger partial charge in [0.05, 0.1) is 18.8 Å². The maximum Gasteiger partial charge on any atom is 0.169 e. The zero-order valence-electron chi connectivity index (χ0n) is 14.1. The Morgan fingerprint density at radius 2 is 2.00 bits per heavy atom. The van der Waals surface area contributed by atoms with Crippen molar-refractivity contribution in [3.63, 3.8) is 0 Å². The third-order valence-electron chi connectivity index (χ3n) is 5.20. The summed E-state index contributed by atoms with van der Waals surface area (Å²) in [5, 5.41) is 0. The first-order valence-electron chi connectivity index (χ1n) is 9.09. The van der Waals surface area contributed by atoms with Gasteiger partial charge in [0.1, 0.15) is 12.2 Å². The summed E-state index contributed by atoms with van der Waals surface area (Å²) in [7, 11) is 0. The molecule has 4 heteroatoms. The third-order valence-corrected chi connectivity index (χ3v) is 5.20. The summed E-state index contributed by atoms with van der Waals surface area (Å²) in [6.45, 7) is 9.18. The Balaban J connectivity index is 1.59. The normalized spacial score (nSPS) is 35.0. The number of hydrogen-bond donors (Lipinski definition) is 0. The predicted octanol–water partition coefficient (Wildman–Crippen LogP) is 3.76. The standard InChI is InChI=1S/C19H30O4/c1-3-9-16-17(10-8-13-20-16)22-15(4-2)18-14-21-19(23-18)11-6-5-7-12-19/h3-4,15-18H,1-2,5-14H2/t15-,16+,17-,18-/m1/s1. The highest BCUT2D eigenvalue weighted by molar-refractivity contribution is 4.95. The maximum atomic E-state index is 6.33. The van der Waals surface area contributed by atoms with E-state index < -0.39 is 0 Å². The first-order valence-corrected chi connectivity index (χ1v) is 9.09. The van der Waals surface area contributed by atoms with Crippen LogP contribution in [0, 0.1) is 0 Å². The average molecular weight is 322 g/mol. The van der Waals surface area contributed by atoms with Crippen LogP contribution in [0.4, 0.5) is 0 Å². The van der Waals surface area contributed by atoms with Crippen molar-refractivity contribution in [2.45, 2.75) is 81.6 Å². The molecule has 2 heterocycles. The van der Waals surface area contributed by atoms with Gasteiger partial charge in [0.25, 0.3) is 0 Å². The van der Waals surface area contributed by atoms with Gasteiger partial charge in [0.15, 0.2) is 5.79 Å². The Morgan fingerprint density at radius 3 is 2.74 bits per heavy atom. The maximum absolute atomic E-state index is 6.33. The Kier molecular flexibility index (Phi) is 5.91. The molecule has 4 nitrogen and oxygen atoms in total. The van der Waals surface area contributed by atoms with E-state index in [0.29, 0.717) is 6.61 Å². The van der Waals surface area contributed by atoms with Gasteiger partial charge in [-0.3, -0.25) is 0 Å². The van der Waals surface area contributed by atoms with Crippen LogP contribution in [0.2, 0.25) is 0 Å². The van der Waals surface area contributed by atoms with Crippen LogP contribution in [0.15, 0.2) is 25.3 Å². The zero-order valence-corrected chi connectivity index (χ0v) is 14.1. The van der Waals surface area contributed by atoms with Crippen molar-refractivity contribution in [2.24, 2.45) is 0 Å². The summed E-state index contributed by atoms with van der Waals surface area (Å²) >= 11 is 0. The van der Waals surface area contributed by atoms with Gasteiger partial charge in [-0.1, -0.05) is 18.6 Å². The molecule has 2 saturated heterocycles. The van der Waals surface area contributed by atoms with E-state index in [0.717, 1.165) is 38.7 Å². The minimum absolute atomic E-state index is 0.0584. The lowest BCUT2D eigenvalue weighted by molar-refractivity contribution is -0.203. The molecule has 3 fully saturated rings. The topological polar surface area (TPSA) is 36.9 Å². The van der Waals surface area contributed by atoms with Gasteiger partial charge in [-0.05, 0) is 32.1 Å². The van der Waals surface area contributed by atoms with Gasteiger partial charge in [-0.25, -0.2) is 0 Å². The van der Waals surface area contributed by atoms with E-state index in [1.165, 1.54) is 19.3 Å². The second-order valence-corrected chi connectivity index (χ2v) is 6.89. The van der Waals surface area contributed by atoms with Gasteiger partial charge in [0.2, 0.25) is 0 Å². The van der Waals surface area contributed by atoms with E-state index in [1.807, 2.05) is 12.2 Å². The van der Waals surface area contributed by atoms with Crippen LogP contribution in [0.25, 0.3) is 0 Å². The molecule has 0 unspecified atom stereocenters. The van der Waals surface area contributed by atoms with Crippen molar-refractivity contribution in [3.05, 3.63) is 25.3 Å². The summed E-state index contributed by atoms with van der Waals surface area (Å²) in [4.78, 5) is 0. The molecular weight excluding hydrogens is 292 g/mol. The molecule has 23 heavy (non-hydrogen) atoms. The molecule has 1 spiro atoms. The predicted molar refractivity (Wildman–Crippen MR) is 89.3 cm³/mol. The molecule has 4 atom stereocenters. The van der Waals surface area contributed by atoms with E-state index >= 15 is 0 Å². The van der Waals surface area contributed by atoms with Crippen molar-refractivity contribution in [3.8, 4) is 0 Å². The highest BCUT2D eigenvalue weighted by Crippen LogP contribution is 2.39. The summed E-state index contributed by atoms with van der Waals surface area (Å²) in [5.74, 6) is -0.364. The molecule has 0 amide bonds. The average Bonchev–Trinajstić information content (AvgIpc) is 2.98. The molecule has 0 aromatic heterocycles. The highest BCUT2D eigenvalue weighted by Gasteiger charge is 2.45. The molecule has 0 N–H and O–H groups in total. The van der Waals surface area contributed by atoms with Crippen LogP contribution >= 0.6 is 0 Å². The Morgan fingerprint density at radius 1 is 1.17 bits per heavy atom. The molecule has 130 valence electrons. The highest BCUT2D eigenvalue weighted by atomic mass is 16.8. The summed E-state index contributed by atoms with van der Waals surface area (Å²) in [5.41, 5.74) is 0. The van der Waals surface area contributed by atoms with E-state index in [4.69, 9.17) is 18.9 Å². The Bertz CT molecular complexity index is 402. The summed E-state index contributed by atoms with van der Waals surface area (Å²) in [6.07, 6.45) is 12.3. The van der Waals surface area contributed by atoms with E-state index in [2.05, 4.69) is 13.2 Å². The monoisotopic (exact) mass is 322 g/mol. The minimum Gasteiger partial charge on any atom is -0.375 e. The molecule has 0 aromatic rings. The van der Waals surface area contributed by atoms with Crippen molar-refractivity contribution in [1.82, 2.24) is 0 Å². The van der Waals surface area contributed by atoms with Crippen LogP contribution in [-0.4, -0.2) is 43.4 Å². The van der Waals surface area contributed by atoms with Crippen LogP contribution in [-0.2, 0) is 18.9 Å². The van der Waals surface area contributed by atoms with Crippen molar-refractivity contribution in [1.29, 1.82) is 0 Å². The quantitative estimate of drug-likeness (QED) is 0.698. The van der Waals surface area contributed by atoms with Gasteiger partial charge in [0, 0.05) is 19.4 Å². The Labute approximate surface area is 139 Å². The van der Waals surface area contributed by atoms with Gasteiger partial charge in [-0.15, -0.1) is 13.2 Å². The smallest absolute Gasteiger partial charge is 0.169 e. The lowest BCUT2D eigenvalue weighted by atomic mass is 9.94. The molecule has 3 aliphatic rings. The number of hydrogen-bond acceptors (Lipinski definition) is 4. The molecule has 3 rings (SSSR count). The van der Waals surface area contributed by atoms with Gasteiger partial charge < -0.3 is 18.9 Å². The van der Waals surface area contributed by atoms with Crippen molar-refractivity contribution in [2.75, 3.05) is 13.2 Å². The van der Waals surface area contributed by atoms with E-state index in [1.54, 1.807) is 0 Å². The van der Waals surface area contributed by atoms with Crippen LogP contribution in [0.1, 0.15) is 51.4 Å². The van der Waals surface area contributed by atoms with Gasteiger partial charge in [-0.2, -0.15) is 0 Å². The summed E-state index contributed by atoms with van der Waals surface area (Å²) < 4.78 is 24.5.